The van der Waals surface area contributed by atoms with Crippen LogP contribution in [0.5, 0.6) is 0 Å². The van der Waals surface area contributed by atoms with Crippen molar-refractivity contribution in [1.29, 1.82) is 5.26 Å². The van der Waals surface area contributed by atoms with Crippen LogP contribution in [0.25, 0.3) is 0 Å². The van der Waals surface area contributed by atoms with Gasteiger partial charge in [0, 0.05) is 19.0 Å². The number of hydrogen-bond donors (Lipinski definition) is 0. The molecule has 1 fully saturated rings. The molecule has 3 heteroatoms. The van der Waals surface area contributed by atoms with Crippen molar-refractivity contribution < 1.29 is 0 Å². The van der Waals surface area contributed by atoms with Crippen molar-refractivity contribution in [1.82, 2.24) is 0 Å². The van der Waals surface area contributed by atoms with Crippen molar-refractivity contribution in [2.75, 3.05) is 18.0 Å². The quantitative estimate of drug-likeness (QED) is 0.759. The zero-order valence-corrected chi connectivity index (χ0v) is 11.7. The summed E-state index contributed by atoms with van der Waals surface area (Å²) in [6, 6.07) is 8.27. The number of alkyl halides is 1. The second-order valence-electron chi connectivity index (χ2n) is 5.45. The first-order valence-corrected chi connectivity index (χ1v) is 7.01. The second kappa shape index (κ2) is 5.63. The van der Waals surface area contributed by atoms with Crippen LogP contribution in [-0.2, 0) is 5.88 Å². The van der Waals surface area contributed by atoms with E-state index in [1.54, 1.807) is 0 Å². The molecule has 0 amide bonds. The average molecular weight is 263 g/mol. The Bertz CT molecular complexity index is 454. The topological polar surface area (TPSA) is 27.0 Å². The molecule has 1 aliphatic rings. The number of nitrogens with zero attached hydrogens (tertiary/aromatic N) is 2. The minimum Gasteiger partial charge on any atom is -0.370 e. The summed E-state index contributed by atoms with van der Waals surface area (Å²) in [7, 11) is 0. The third-order valence-electron chi connectivity index (χ3n) is 3.55. The van der Waals surface area contributed by atoms with Crippen molar-refractivity contribution in [2.24, 2.45) is 11.8 Å². The molecule has 0 spiro atoms. The molecule has 96 valence electrons. The molecule has 0 radical (unpaired) electrons. The highest BCUT2D eigenvalue weighted by molar-refractivity contribution is 6.17. The SMILES string of the molecule is CC1CC(C)CN(c2ccc(CCl)cc2C#N)C1. The fourth-order valence-electron chi connectivity index (χ4n) is 2.89. The fraction of sp³-hybridized carbons (Fsp3) is 0.533. The molecule has 0 bridgehead atoms. The van der Waals surface area contributed by atoms with Crippen molar-refractivity contribution >= 4 is 17.3 Å². The van der Waals surface area contributed by atoms with Crippen LogP contribution in [0.1, 0.15) is 31.4 Å². The Morgan fingerprint density at radius 3 is 2.56 bits per heavy atom. The van der Waals surface area contributed by atoms with Crippen molar-refractivity contribution in [3.63, 3.8) is 0 Å². The van der Waals surface area contributed by atoms with Gasteiger partial charge in [-0.2, -0.15) is 5.26 Å². The predicted octanol–water partition coefficient (Wildman–Crippen LogP) is 3.78. The van der Waals surface area contributed by atoms with Gasteiger partial charge in [-0.05, 0) is 36.0 Å². The van der Waals surface area contributed by atoms with Gasteiger partial charge in [-0.3, -0.25) is 0 Å². The van der Waals surface area contributed by atoms with Gasteiger partial charge < -0.3 is 4.90 Å². The molecule has 0 aliphatic carbocycles. The van der Waals surface area contributed by atoms with E-state index in [-0.39, 0.29) is 0 Å². The Morgan fingerprint density at radius 2 is 2.00 bits per heavy atom. The summed E-state index contributed by atoms with van der Waals surface area (Å²) in [4.78, 5) is 2.34. The van der Waals surface area contributed by atoms with Crippen LogP contribution >= 0.6 is 11.6 Å². The maximum absolute atomic E-state index is 9.28. The Kier molecular flexibility index (Phi) is 4.14. The Morgan fingerprint density at radius 1 is 1.33 bits per heavy atom. The summed E-state index contributed by atoms with van der Waals surface area (Å²) >= 11 is 5.82. The van der Waals surface area contributed by atoms with Gasteiger partial charge in [-0.1, -0.05) is 19.9 Å². The maximum Gasteiger partial charge on any atom is 0.101 e. The number of halogens is 1. The largest absolute Gasteiger partial charge is 0.370 e. The third-order valence-corrected chi connectivity index (χ3v) is 3.85. The first kappa shape index (κ1) is 13.2. The van der Waals surface area contributed by atoms with Crippen LogP contribution in [0, 0.1) is 23.2 Å². The summed E-state index contributed by atoms with van der Waals surface area (Å²) in [6.45, 7) is 6.64. The molecule has 2 unspecified atom stereocenters. The molecule has 1 saturated heterocycles. The Balaban J connectivity index is 2.30. The van der Waals surface area contributed by atoms with E-state index in [1.165, 1.54) is 6.42 Å². The van der Waals surface area contributed by atoms with E-state index in [0.717, 1.165) is 29.9 Å². The van der Waals surface area contributed by atoms with Gasteiger partial charge in [0.1, 0.15) is 6.07 Å². The van der Waals surface area contributed by atoms with Crippen LogP contribution in [0.15, 0.2) is 18.2 Å². The molecular formula is C15H19ClN2. The van der Waals surface area contributed by atoms with Gasteiger partial charge >= 0.3 is 0 Å². The van der Waals surface area contributed by atoms with E-state index < -0.39 is 0 Å². The van der Waals surface area contributed by atoms with E-state index in [2.05, 4.69) is 24.8 Å². The molecule has 18 heavy (non-hydrogen) atoms. The Labute approximate surface area is 114 Å². The molecule has 0 N–H and O–H groups in total. The van der Waals surface area contributed by atoms with Crippen LogP contribution in [0.4, 0.5) is 5.69 Å². The van der Waals surface area contributed by atoms with Gasteiger partial charge in [-0.25, -0.2) is 0 Å². The minimum absolute atomic E-state index is 0.460. The van der Waals surface area contributed by atoms with E-state index in [1.807, 2.05) is 18.2 Å². The number of benzene rings is 1. The highest BCUT2D eigenvalue weighted by atomic mass is 35.5. The number of piperidine rings is 1. The van der Waals surface area contributed by atoms with Gasteiger partial charge in [-0.15, -0.1) is 11.6 Å². The first-order valence-electron chi connectivity index (χ1n) is 6.48. The molecule has 1 aromatic rings. The van der Waals surface area contributed by atoms with E-state index in [9.17, 15) is 5.26 Å². The number of rotatable bonds is 2. The van der Waals surface area contributed by atoms with Crippen molar-refractivity contribution in [2.45, 2.75) is 26.1 Å². The van der Waals surface area contributed by atoms with E-state index >= 15 is 0 Å². The standard InChI is InChI=1S/C15H19ClN2/c1-11-5-12(2)10-18(9-11)15-4-3-13(7-16)6-14(15)8-17/h3-4,6,11-12H,5,7,9-10H2,1-2H3. The van der Waals surface area contributed by atoms with Gasteiger partial charge in [0.25, 0.3) is 0 Å². The van der Waals surface area contributed by atoms with Gasteiger partial charge in [0.05, 0.1) is 11.3 Å². The lowest BCUT2D eigenvalue weighted by Gasteiger charge is -2.37. The van der Waals surface area contributed by atoms with Gasteiger partial charge in [0.15, 0.2) is 0 Å². The van der Waals surface area contributed by atoms with Crippen LogP contribution in [0.2, 0.25) is 0 Å². The fourth-order valence-corrected chi connectivity index (χ4v) is 3.06. The molecule has 2 nitrogen and oxygen atoms in total. The first-order chi connectivity index (χ1) is 8.63. The van der Waals surface area contributed by atoms with Gasteiger partial charge in [0.2, 0.25) is 0 Å². The molecular weight excluding hydrogens is 244 g/mol. The highest BCUT2D eigenvalue weighted by Crippen LogP contribution is 2.29. The predicted molar refractivity (Wildman–Crippen MR) is 75.9 cm³/mol. The second-order valence-corrected chi connectivity index (χ2v) is 5.72. The minimum atomic E-state index is 0.460. The lowest BCUT2D eigenvalue weighted by Crippen LogP contribution is -2.39. The molecule has 1 heterocycles. The molecule has 1 aromatic carbocycles. The van der Waals surface area contributed by atoms with Crippen molar-refractivity contribution in [3.05, 3.63) is 29.3 Å². The number of anilines is 1. The molecule has 0 aromatic heterocycles. The monoisotopic (exact) mass is 262 g/mol. The third kappa shape index (κ3) is 2.79. The lowest BCUT2D eigenvalue weighted by molar-refractivity contribution is 0.357. The maximum atomic E-state index is 9.28. The van der Waals surface area contributed by atoms with E-state index in [4.69, 9.17) is 11.6 Å². The zero-order valence-electron chi connectivity index (χ0n) is 11.0. The number of nitriles is 1. The summed E-state index contributed by atoms with van der Waals surface area (Å²) in [5.74, 6) is 1.84. The number of hydrogen-bond acceptors (Lipinski definition) is 2. The van der Waals surface area contributed by atoms with Crippen LogP contribution in [0.3, 0.4) is 0 Å². The highest BCUT2D eigenvalue weighted by Gasteiger charge is 2.23. The normalized spacial score (nSPS) is 23.8. The summed E-state index contributed by atoms with van der Waals surface area (Å²) in [5.41, 5.74) is 2.81. The molecule has 2 rings (SSSR count). The van der Waals surface area contributed by atoms with Crippen molar-refractivity contribution in [3.8, 4) is 6.07 Å². The average Bonchev–Trinajstić information content (AvgIpc) is 2.36. The smallest absolute Gasteiger partial charge is 0.101 e. The zero-order chi connectivity index (χ0) is 13.1. The van der Waals surface area contributed by atoms with E-state index in [0.29, 0.717) is 17.7 Å². The van der Waals surface area contributed by atoms with Crippen LogP contribution < -0.4 is 4.90 Å². The van der Waals surface area contributed by atoms with Crippen LogP contribution in [-0.4, -0.2) is 13.1 Å². The summed E-state index contributed by atoms with van der Waals surface area (Å²) in [5, 5.41) is 9.28. The Hall–Kier alpha value is -1.20. The molecule has 2 atom stereocenters. The molecule has 0 saturated carbocycles. The summed E-state index contributed by atoms with van der Waals surface area (Å²) in [6.07, 6.45) is 1.28. The lowest BCUT2D eigenvalue weighted by atomic mass is 9.91. The summed E-state index contributed by atoms with van der Waals surface area (Å²) < 4.78 is 0. The molecule has 1 aliphatic heterocycles.